The number of esters is 3. The van der Waals surface area contributed by atoms with E-state index in [1.54, 1.807) is 0 Å². The Labute approximate surface area is 502 Å². The molecule has 0 aromatic heterocycles. The molecule has 0 rings (SSSR count). The molecule has 6 nitrogen and oxygen atoms in total. The van der Waals surface area contributed by atoms with E-state index in [9.17, 15) is 14.4 Å². The number of unbranched alkanes of at least 4 members (excludes halogenated alkanes) is 36. The van der Waals surface area contributed by atoms with Crippen LogP contribution in [0.1, 0.15) is 342 Å². The number of carbonyl (C=O) groups excluding carboxylic acids is 3. The van der Waals surface area contributed by atoms with Gasteiger partial charge < -0.3 is 14.2 Å². The molecule has 0 saturated heterocycles. The van der Waals surface area contributed by atoms with Crippen LogP contribution in [0.25, 0.3) is 0 Å². The second-order valence-electron chi connectivity index (χ2n) is 23.1. The standard InChI is InChI=1S/C75H130O6/c1-4-7-10-13-16-19-22-25-27-29-31-33-35-36-37-38-40-41-43-45-47-50-53-56-59-62-65-68-74(77)80-71-72(70-79-73(76)67-64-61-58-55-52-49-24-21-18-15-12-9-6-3)81-75(78)69-66-63-60-57-54-51-48-46-44-42-39-34-32-30-28-26-23-20-17-14-11-8-5-2/h8,11,17,20-21,24,26,28-29,31-32,34,42,44,48,51,72H,4-7,9-10,12-16,18-19,22-23,25,27,30,33,35-41,43,45-47,49-50,52-71H2,1-3H3/b11-8-,20-17-,24-21-,28-26-,31-29-,34-32-,44-42-,51-48-. The number of allylic oxidation sites excluding steroid dienone is 16. The first-order valence-corrected chi connectivity index (χ1v) is 34.7. The maximum absolute atomic E-state index is 12.9. The van der Waals surface area contributed by atoms with Gasteiger partial charge in [-0.25, -0.2) is 0 Å². The van der Waals surface area contributed by atoms with Gasteiger partial charge in [0.05, 0.1) is 0 Å². The Morgan fingerprint density at radius 2 is 0.481 bits per heavy atom. The van der Waals surface area contributed by atoms with Crippen molar-refractivity contribution in [3.05, 3.63) is 97.2 Å². The lowest BCUT2D eigenvalue weighted by molar-refractivity contribution is -0.167. The highest BCUT2D eigenvalue weighted by Crippen LogP contribution is 2.17. The molecule has 0 radical (unpaired) electrons. The number of rotatable bonds is 63. The van der Waals surface area contributed by atoms with Gasteiger partial charge in [-0.1, -0.05) is 298 Å². The lowest BCUT2D eigenvalue weighted by Crippen LogP contribution is -2.30. The van der Waals surface area contributed by atoms with E-state index in [-0.39, 0.29) is 31.1 Å². The van der Waals surface area contributed by atoms with Gasteiger partial charge in [-0.3, -0.25) is 14.4 Å². The van der Waals surface area contributed by atoms with E-state index in [0.717, 1.165) is 116 Å². The minimum absolute atomic E-state index is 0.0890. The molecule has 0 fully saturated rings. The summed E-state index contributed by atoms with van der Waals surface area (Å²) in [7, 11) is 0. The molecule has 0 aliphatic carbocycles. The van der Waals surface area contributed by atoms with Crippen molar-refractivity contribution in [2.45, 2.75) is 348 Å². The van der Waals surface area contributed by atoms with E-state index in [4.69, 9.17) is 14.2 Å². The molecule has 1 atom stereocenters. The Balaban J connectivity index is 4.32. The van der Waals surface area contributed by atoms with Crippen LogP contribution in [-0.2, 0) is 28.6 Å². The third-order valence-corrected chi connectivity index (χ3v) is 15.0. The highest BCUT2D eigenvalue weighted by molar-refractivity contribution is 5.71. The topological polar surface area (TPSA) is 78.9 Å². The monoisotopic (exact) mass is 1130 g/mol. The fraction of sp³-hybridized carbons (Fsp3) is 0.747. The lowest BCUT2D eigenvalue weighted by Gasteiger charge is -2.18. The van der Waals surface area contributed by atoms with Crippen LogP contribution in [0.3, 0.4) is 0 Å². The zero-order valence-electron chi connectivity index (χ0n) is 53.5. The number of ether oxygens (including phenoxy) is 3. The van der Waals surface area contributed by atoms with Gasteiger partial charge >= 0.3 is 17.9 Å². The van der Waals surface area contributed by atoms with Gasteiger partial charge in [-0.15, -0.1) is 0 Å². The molecule has 0 bridgehead atoms. The second-order valence-corrected chi connectivity index (χ2v) is 23.1. The quantitative estimate of drug-likeness (QED) is 0.0261. The first-order valence-electron chi connectivity index (χ1n) is 34.7. The van der Waals surface area contributed by atoms with Crippen LogP contribution in [0.15, 0.2) is 97.2 Å². The SMILES string of the molecule is CC/C=C\C/C=C\C/C=C\C/C=C\C/C=C\C/C=C\CCCCCCC(=O)OC(COC(=O)CCCCCCC/C=C\CCCCCC)COC(=O)CCCCCCCCCCCCCCCCC/C=C\CCCCCCCCCC. The summed E-state index contributed by atoms with van der Waals surface area (Å²) in [5, 5.41) is 0. The minimum Gasteiger partial charge on any atom is -0.462 e. The third-order valence-electron chi connectivity index (χ3n) is 15.0. The molecule has 0 aromatic rings. The summed E-state index contributed by atoms with van der Waals surface area (Å²) >= 11 is 0. The summed E-state index contributed by atoms with van der Waals surface area (Å²) in [6.07, 6.45) is 92.9. The summed E-state index contributed by atoms with van der Waals surface area (Å²) < 4.78 is 16.9. The molecule has 0 aliphatic heterocycles. The van der Waals surface area contributed by atoms with Crippen molar-refractivity contribution in [1.82, 2.24) is 0 Å². The lowest BCUT2D eigenvalue weighted by atomic mass is 10.0. The maximum atomic E-state index is 12.9. The first-order chi connectivity index (χ1) is 40.0. The Hall–Kier alpha value is -3.67. The van der Waals surface area contributed by atoms with Crippen molar-refractivity contribution >= 4 is 17.9 Å². The van der Waals surface area contributed by atoms with Crippen molar-refractivity contribution in [2.75, 3.05) is 13.2 Å². The van der Waals surface area contributed by atoms with Gasteiger partial charge in [0, 0.05) is 19.3 Å². The molecule has 0 N–H and O–H groups in total. The van der Waals surface area contributed by atoms with Crippen molar-refractivity contribution < 1.29 is 28.6 Å². The third kappa shape index (κ3) is 67.0. The average molecular weight is 1130 g/mol. The van der Waals surface area contributed by atoms with Crippen LogP contribution in [-0.4, -0.2) is 37.2 Å². The second kappa shape index (κ2) is 68.8. The predicted molar refractivity (Wildman–Crippen MR) is 353 cm³/mol. The summed E-state index contributed by atoms with van der Waals surface area (Å²) in [6, 6.07) is 0. The summed E-state index contributed by atoms with van der Waals surface area (Å²) in [4.78, 5) is 38.4. The summed E-state index contributed by atoms with van der Waals surface area (Å²) in [5.74, 6) is -0.910. The van der Waals surface area contributed by atoms with E-state index in [1.807, 2.05) is 0 Å². The van der Waals surface area contributed by atoms with Crippen LogP contribution < -0.4 is 0 Å². The first kappa shape index (κ1) is 77.3. The zero-order chi connectivity index (χ0) is 58.5. The average Bonchev–Trinajstić information content (AvgIpc) is 3.46. The van der Waals surface area contributed by atoms with Gasteiger partial charge in [0.25, 0.3) is 0 Å². The number of hydrogen-bond donors (Lipinski definition) is 0. The Bertz CT molecular complexity index is 1580. The highest BCUT2D eigenvalue weighted by atomic mass is 16.6. The molecule has 81 heavy (non-hydrogen) atoms. The van der Waals surface area contributed by atoms with E-state index in [1.165, 1.54) is 186 Å². The summed E-state index contributed by atoms with van der Waals surface area (Å²) in [5.41, 5.74) is 0. The van der Waals surface area contributed by atoms with Crippen LogP contribution >= 0.6 is 0 Å². The van der Waals surface area contributed by atoms with Crippen molar-refractivity contribution in [3.63, 3.8) is 0 Å². The van der Waals surface area contributed by atoms with Gasteiger partial charge in [-0.2, -0.15) is 0 Å². The van der Waals surface area contributed by atoms with Crippen LogP contribution in [0.4, 0.5) is 0 Å². The Morgan fingerprint density at radius 1 is 0.259 bits per heavy atom. The maximum Gasteiger partial charge on any atom is 0.306 e. The molecular weight excluding hydrogens is 997 g/mol. The summed E-state index contributed by atoms with van der Waals surface area (Å²) in [6.45, 7) is 6.52. The number of carbonyl (C=O) groups is 3. The van der Waals surface area contributed by atoms with E-state index >= 15 is 0 Å². The van der Waals surface area contributed by atoms with Crippen molar-refractivity contribution in [3.8, 4) is 0 Å². The molecule has 0 saturated carbocycles. The fourth-order valence-electron chi connectivity index (χ4n) is 9.85. The molecular formula is C75H130O6. The largest absolute Gasteiger partial charge is 0.462 e. The van der Waals surface area contributed by atoms with Gasteiger partial charge in [0.15, 0.2) is 6.10 Å². The predicted octanol–water partition coefficient (Wildman–Crippen LogP) is 24.0. The fourth-order valence-corrected chi connectivity index (χ4v) is 9.85. The molecule has 466 valence electrons. The van der Waals surface area contributed by atoms with Crippen LogP contribution in [0.2, 0.25) is 0 Å². The van der Waals surface area contributed by atoms with Gasteiger partial charge in [0.2, 0.25) is 0 Å². The molecule has 0 spiro atoms. The van der Waals surface area contributed by atoms with Gasteiger partial charge in [0.1, 0.15) is 13.2 Å². The van der Waals surface area contributed by atoms with E-state index in [2.05, 4.69) is 118 Å². The molecule has 0 aliphatic rings. The molecule has 1 unspecified atom stereocenters. The van der Waals surface area contributed by atoms with E-state index < -0.39 is 6.10 Å². The van der Waals surface area contributed by atoms with E-state index in [0.29, 0.717) is 19.3 Å². The molecule has 6 heteroatoms. The highest BCUT2D eigenvalue weighted by Gasteiger charge is 2.19. The van der Waals surface area contributed by atoms with Crippen LogP contribution in [0, 0.1) is 0 Å². The minimum atomic E-state index is -0.796. The Kier molecular flexibility index (Phi) is 65.7. The number of hydrogen-bond acceptors (Lipinski definition) is 6. The molecule has 0 aromatic carbocycles. The smallest absolute Gasteiger partial charge is 0.306 e. The molecule has 0 amide bonds. The van der Waals surface area contributed by atoms with Crippen molar-refractivity contribution in [1.29, 1.82) is 0 Å². The van der Waals surface area contributed by atoms with Crippen molar-refractivity contribution in [2.24, 2.45) is 0 Å². The molecule has 0 heterocycles. The Morgan fingerprint density at radius 3 is 0.778 bits per heavy atom. The van der Waals surface area contributed by atoms with Gasteiger partial charge in [-0.05, 0) is 122 Å². The van der Waals surface area contributed by atoms with Crippen LogP contribution in [0.5, 0.6) is 0 Å². The normalized spacial score (nSPS) is 12.7. The zero-order valence-corrected chi connectivity index (χ0v) is 53.5.